The minimum absolute atomic E-state index is 0.206. The third-order valence-electron chi connectivity index (χ3n) is 1.76. The molecule has 0 spiro atoms. The van der Waals surface area contributed by atoms with Gasteiger partial charge in [0.2, 0.25) is 0 Å². The van der Waals surface area contributed by atoms with E-state index in [1.165, 1.54) is 6.92 Å². The van der Waals surface area contributed by atoms with Crippen molar-refractivity contribution in [1.29, 1.82) is 0 Å². The third kappa shape index (κ3) is 3.62. The summed E-state index contributed by atoms with van der Waals surface area (Å²) < 4.78 is 10.2. The lowest BCUT2D eigenvalue weighted by molar-refractivity contribution is -0.142. The number of carbonyl (C=O) groups excluding carboxylic acids is 1. The Labute approximate surface area is 83.0 Å². The number of nitrogens with two attached hydrogens (primary N) is 1. The molecule has 78 valence electrons. The van der Waals surface area contributed by atoms with Gasteiger partial charge in [-0.2, -0.15) is 0 Å². The molecule has 0 fully saturated rings. The predicted octanol–water partition coefficient (Wildman–Crippen LogP) is 1.23. The van der Waals surface area contributed by atoms with E-state index in [0.29, 0.717) is 12.3 Å². The van der Waals surface area contributed by atoms with Gasteiger partial charge in [0.15, 0.2) is 0 Å². The minimum Gasteiger partial charge on any atom is -0.462 e. The first-order valence-corrected chi connectivity index (χ1v) is 4.63. The van der Waals surface area contributed by atoms with E-state index in [-0.39, 0.29) is 12.6 Å². The Morgan fingerprint density at radius 1 is 1.50 bits per heavy atom. The molecule has 0 atom stereocenters. The van der Waals surface area contributed by atoms with Crippen LogP contribution in [0.4, 0.5) is 0 Å². The van der Waals surface area contributed by atoms with Gasteiger partial charge in [-0.1, -0.05) is 0 Å². The predicted molar refractivity (Wildman–Crippen MR) is 51.6 cm³/mol. The number of rotatable bonds is 5. The summed E-state index contributed by atoms with van der Waals surface area (Å²) in [5, 5.41) is 0. The minimum atomic E-state index is -0.301. The monoisotopic (exact) mass is 197 g/mol. The smallest absolute Gasteiger partial charge is 0.303 e. The molecule has 1 aromatic rings. The first-order valence-electron chi connectivity index (χ1n) is 4.63. The van der Waals surface area contributed by atoms with Gasteiger partial charge < -0.3 is 14.9 Å². The first-order chi connectivity index (χ1) is 6.72. The molecule has 0 saturated carbocycles. The van der Waals surface area contributed by atoms with Crippen molar-refractivity contribution in [3.05, 3.63) is 23.7 Å². The molecule has 1 aromatic heterocycles. The molecule has 1 heterocycles. The van der Waals surface area contributed by atoms with Crippen LogP contribution < -0.4 is 5.73 Å². The number of esters is 1. The van der Waals surface area contributed by atoms with Crippen molar-refractivity contribution in [2.75, 3.05) is 6.54 Å². The standard InChI is InChI=1S/C10H15NO3/c1-8(12)13-7-10-5-4-9(14-10)3-2-6-11/h4-5H,2-3,6-7,11H2,1H3. The van der Waals surface area contributed by atoms with Crippen molar-refractivity contribution < 1.29 is 13.9 Å². The van der Waals surface area contributed by atoms with Crippen molar-refractivity contribution in [3.8, 4) is 0 Å². The summed E-state index contributed by atoms with van der Waals surface area (Å²) in [7, 11) is 0. The van der Waals surface area contributed by atoms with Crippen LogP contribution >= 0.6 is 0 Å². The van der Waals surface area contributed by atoms with Gasteiger partial charge in [0, 0.05) is 13.3 Å². The number of furan rings is 1. The second-order valence-corrected chi connectivity index (χ2v) is 3.04. The highest BCUT2D eigenvalue weighted by Crippen LogP contribution is 2.10. The van der Waals surface area contributed by atoms with Crippen LogP contribution in [-0.2, 0) is 22.6 Å². The Balaban J connectivity index is 2.38. The van der Waals surface area contributed by atoms with Gasteiger partial charge in [-0.05, 0) is 25.1 Å². The number of hydrogen-bond donors (Lipinski definition) is 1. The van der Waals surface area contributed by atoms with Crippen LogP contribution in [0, 0.1) is 0 Å². The lowest BCUT2D eigenvalue weighted by Crippen LogP contribution is -1.99. The highest BCUT2D eigenvalue weighted by Gasteiger charge is 2.02. The molecule has 1 rings (SSSR count). The Morgan fingerprint density at radius 2 is 2.21 bits per heavy atom. The summed E-state index contributed by atoms with van der Waals surface area (Å²) >= 11 is 0. The quantitative estimate of drug-likeness (QED) is 0.721. The molecule has 0 aliphatic rings. The SMILES string of the molecule is CC(=O)OCc1ccc(CCCN)o1. The van der Waals surface area contributed by atoms with Gasteiger partial charge in [-0.15, -0.1) is 0 Å². The molecule has 4 nitrogen and oxygen atoms in total. The second-order valence-electron chi connectivity index (χ2n) is 3.04. The van der Waals surface area contributed by atoms with Gasteiger partial charge in [0.05, 0.1) is 0 Å². The van der Waals surface area contributed by atoms with Crippen molar-refractivity contribution >= 4 is 5.97 Å². The normalized spacial score (nSPS) is 10.1. The molecule has 0 aromatic carbocycles. The lowest BCUT2D eigenvalue weighted by Gasteiger charge is -1.97. The lowest BCUT2D eigenvalue weighted by atomic mass is 10.2. The Kier molecular flexibility index (Phi) is 4.19. The van der Waals surface area contributed by atoms with Crippen LogP contribution in [0.15, 0.2) is 16.5 Å². The molecule has 14 heavy (non-hydrogen) atoms. The van der Waals surface area contributed by atoms with Crippen LogP contribution in [0.5, 0.6) is 0 Å². The molecule has 4 heteroatoms. The zero-order valence-electron chi connectivity index (χ0n) is 8.29. The summed E-state index contributed by atoms with van der Waals surface area (Å²) in [4.78, 5) is 10.5. The number of carbonyl (C=O) groups is 1. The fraction of sp³-hybridized carbons (Fsp3) is 0.500. The summed E-state index contributed by atoms with van der Waals surface area (Å²) in [6.07, 6.45) is 1.73. The van der Waals surface area contributed by atoms with Crippen molar-refractivity contribution in [2.45, 2.75) is 26.4 Å². The van der Waals surface area contributed by atoms with Crippen LogP contribution in [0.3, 0.4) is 0 Å². The summed E-state index contributed by atoms with van der Waals surface area (Å²) in [5.74, 6) is 1.26. The maximum Gasteiger partial charge on any atom is 0.303 e. The third-order valence-corrected chi connectivity index (χ3v) is 1.76. The van der Waals surface area contributed by atoms with Crippen LogP contribution in [0.1, 0.15) is 24.9 Å². The molecule has 0 saturated heterocycles. The van der Waals surface area contributed by atoms with E-state index in [1.807, 2.05) is 12.1 Å². The average molecular weight is 197 g/mol. The summed E-state index contributed by atoms with van der Waals surface area (Å²) in [5.41, 5.74) is 5.37. The second kappa shape index (κ2) is 5.44. The van der Waals surface area contributed by atoms with Gasteiger partial charge in [-0.25, -0.2) is 0 Å². The maximum absolute atomic E-state index is 10.5. The highest BCUT2D eigenvalue weighted by molar-refractivity contribution is 5.65. The van der Waals surface area contributed by atoms with E-state index in [0.717, 1.165) is 18.6 Å². The van der Waals surface area contributed by atoms with Crippen LogP contribution in [0.25, 0.3) is 0 Å². The molecule has 0 aliphatic heterocycles. The highest BCUT2D eigenvalue weighted by atomic mass is 16.5. The van der Waals surface area contributed by atoms with Crippen molar-refractivity contribution in [3.63, 3.8) is 0 Å². The number of ether oxygens (including phenoxy) is 1. The summed E-state index contributed by atoms with van der Waals surface area (Å²) in [6.45, 7) is 2.23. The van der Waals surface area contributed by atoms with E-state index >= 15 is 0 Å². The molecule has 0 unspecified atom stereocenters. The fourth-order valence-corrected chi connectivity index (χ4v) is 1.08. The van der Waals surface area contributed by atoms with Crippen molar-refractivity contribution in [2.24, 2.45) is 5.73 Å². The Hall–Kier alpha value is -1.29. The van der Waals surface area contributed by atoms with Gasteiger partial charge in [-0.3, -0.25) is 4.79 Å². The van der Waals surface area contributed by atoms with Gasteiger partial charge in [0.25, 0.3) is 0 Å². The molecule has 2 N–H and O–H groups in total. The van der Waals surface area contributed by atoms with Gasteiger partial charge >= 0.3 is 5.97 Å². The molecule has 0 bridgehead atoms. The van der Waals surface area contributed by atoms with E-state index in [9.17, 15) is 4.79 Å². The van der Waals surface area contributed by atoms with E-state index in [2.05, 4.69) is 0 Å². The fourth-order valence-electron chi connectivity index (χ4n) is 1.08. The first kappa shape index (κ1) is 10.8. The molecule has 0 radical (unpaired) electrons. The van der Waals surface area contributed by atoms with Crippen LogP contribution in [-0.4, -0.2) is 12.5 Å². The summed E-state index contributed by atoms with van der Waals surface area (Å²) in [6, 6.07) is 3.70. The topological polar surface area (TPSA) is 65.5 Å². The zero-order valence-corrected chi connectivity index (χ0v) is 8.29. The number of hydrogen-bond acceptors (Lipinski definition) is 4. The van der Waals surface area contributed by atoms with E-state index in [4.69, 9.17) is 14.9 Å². The van der Waals surface area contributed by atoms with Crippen LogP contribution in [0.2, 0.25) is 0 Å². The van der Waals surface area contributed by atoms with E-state index < -0.39 is 0 Å². The maximum atomic E-state index is 10.5. The Morgan fingerprint density at radius 3 is 2.86 bits per heavy atom. The number of aryl methyl sites for hydroxylation is 1. The molecular weight excluding hydrogens is 182 g/mol. The molecule has 0 amide bonds. The van der Waals surface area contributed by atoms with Crippen molar-refractivity contribution in [1.82, 2.24) is 0 Å². The van der Waals surface area contributed by atoms with E-state index in [1.54, 1.807) is 0 Å². The Bertz CT molecular complexity index is 293. The van der Waals surface area contributed by atoms with Gasteiger partial charge in [0.1, 0.15) is 18.1 Å². The zero-order chi connectivity index (χ0) is 10.4. The average Bonchev–Trinajstić information content (AvgIpc) is 2.59. The molecular formula is C10H15NO3. The largest absolute Gasteiger partial charge is 0.462 e. The molecule has 0 aliphatic carbocycles.